The minimum absolute atomic E-state index is 0.799. The molecule has 98 valence electrons. The fourth-order valence-corrected chi connectivity index (χ4v) is 3.57. The number of hydrogen-bond acceptors (Lipinski definition) is 2. The molecule has 1 saturated heterocycles. The van der Waals surface area contributed by atoms with Crippen molar-refractivity contribution in [1.82, 2.24) is 4.90 Å². The van der Waals surface area contributed by atoms with E-state index < -0.39 is 0 Å². The van der Waals surface area contributed by atoms with E-state index in [2.05, 4.69) is 10.2 Å². The highest BCUT2D eigenvalue weighted by molar-refractivity contribution is 6.30. The van der Waals surface area contributed by atoms with E-state index in [9.17, 15) is 0 Å². The lowest BCUT2D eigenvalue weighted by Gasteiger charge is -2.17. The molecule has 0 spiro atoms. The molecule has 3 heteroatoms. The van der Waals surface area contributed by atoms with Crippen LogP contribution in [0.2, 0.25) is 5.02 Å². The van der Waals surface area contributed by atoms with Gasteiger partial charge in [-0.3, -0.25) is 0 Å². The Morgan fingerprint density at radius 1 is 1.11 bits per heavy atom. The molecule has 1 N–H and O–H groups in total. The highest BCUT2D eigenvalue weighted by Crippen LogP contribution is 2.37. The average Bonchev–Trinajstić information content (AvgIpc) is 2.92. The summed E-state index contributed by atoms with van der Waals surface area (Å²) in [5.74, 6) is 2.00. The second kappa shape index (κ2) is 5.50. The molecular formula is C15H21ClN2. The van der Waals surface area contributed by atoms with Crippen molar-refractivity contribution in [1.29, 1.82) is 0 Å². The van der Waals surface area contributed by atoms with Crippen LogP contribution in [-0.2, 0) is 0 Å². The molecule has 1 saturated carbocycles. The van der Waals surface area contributed by atoms with Crippen molar-refractivity contribution < 1.29 is 0 Å². The predicted molar refractivity (Wildman–Crippen MR) is 77.2 cm³/mol. The fourth-order valence-electron chi connectivity index (χ4n) is 3.44. The molecule has 2 fully saturated rings. The number of halogens is 1. The number of nitrogens with zero attached hydrogens (tertiary/aromatic N) is 1. The van der Waals surface area contributed by atoms with E-state index in [1.165, 1.54) is 38.0 Å². The van der Waals surface area contributed by atoms with Gasteiger partial charge in [0.1, 0.15) is 0 Å². The van der Waals surface area contributed by atoms with Crippen LogP contribution in [-0.4, -0.2) is 31.1 Å². The maximum absolute atomic E-state index is 5.87. The average molecular weight is 265 g/mol. The Kier molecular flexibility index (Phi) is 3.76. The quantitative estimate of drug-likeness (QED) is 0.896. The van der Waals surface area contributed by atoms with Crippen LogP contribution in [0, 0.1) is 11.8 Å². The summed E-state index contributed by atoms with van der Waals surface area (Å²) in [5, 5.41) is 4.26. The summed E-state index contributed by atoms with van der Waals surface area (Å²) in [6.07, 6.45) is 4.39. The summed E-state index contributed by atoms with van der Waals surface area (Å²) in [6, 6.07) is 7.95. The zero-order valence-electron chi connectivity index (χ0n) is 10.7. The molecule has 1 aromatic rings. The lowest BCUT2D eigenvalue weighted by atomic mass is 10.0. The molecule has 1 heterocycles. The van der Waals surface area contributed by atoms with E-state index in [1.807, 2.05) is 24.3 Å². The molecule has 1 aliphatic carbocycles. The number of likely N-dealkylation sites (tertiary alicyclic amines) is 1. The summed E-state index contributed by atoms with van der Waals surface area (Å²) >= 11 is 5.87. The summed E-state index contributed by atoms with van der Waals surface area (Å²) in [5.41, 5.74) is 1.17. The molecule has 0 aromatic heterocycles. The molecule has 1 aromatic carbocycles. The normalized spacial score (nSPS) is 27.4. The van der Waals surface area contributed by atoms with E-state index in [-0.39, 0.29) is 0 Å². The molecule has 2 aliphatic rings. The molecule has 0 amide bonds. The topological polar surface area (TPSA) is 15.3 Å². The predicted octanol–water partition coefficient (Wildman–Crippen LogP) is 3.48. The summed E-state index contributed by atoms with van der Waals surface area (Å²) in [7, 11) is 0. The van der Waals surface area contributed by atoms with Gasteiger partial charge in [-0.1, -0.05) is 18.0 Å². The fraction of sp³-hybridized carbons (Fsp3) is 0.600. The first kappa shape index (κ1) is 12.3. The van der Waals surface area contributed by atoms with Gasteiger partial charge in [0.15, 0.2) is 0 Å². The van der Waals surface area contributed by atoms with Crippen LogP contribution >= 0.6 is 11.6 Å². The van der Waals surface area contributed by atoms with Crippen LogP contribution < -0.4 is 5.32 Å². The van der Waals surface area contributed by atoms with Gasteiger partial charge >= 0.3 is 0 Å². The Morgan fingerprint density at radius 3 is 2.44 bits per heavy atom. The smallest absolute Gasteiger partial charge is 0.0407 e. The van der Waals surface area contributed by atoms with Crippen molar-refractivity contribution in [2.75, 3.05) is 31.5 Å². The van der Waals surface area contributed by atoms with Crippen molar-refractivity contribution in [3.05, 3.63) is 29.3 Å². The highest BCUT2D eigenvalue weighted by atomic mass is 35.5. The molecule has 0 radical (unpaired) electrons. The van der Waals surface area contributed by atoms with Gasteiger partial charge in [0.25, 0.3) is 0 Å². The first-order valence-corrected chi connectivity index (χ1v) is 7.41. The molecule has 0 bridgehead atoms. The maximum atomic E-state index is 5.87. The van der Waals surface area contributed by atoms with Gasteiger partial charge in [0.05, 0.1) is 0 Å². The van der Waals surface area contributed by atoms with E-state index in [0.29, 0.717) is 0 Å². The summed E-state index contributed by atoms with van der Waals surface area (Å²) in [6.45, 7) is 4.84. The Hall–Kier alpha value is -0.730. The summed E-state index contributed by atoms with van der Waals surface area (Å²) in [4.78, 5) is 2.62. The number of anilines is 1. The van der Waals surface area contributed by atoms with Crippen LogP contribution in [0.15, 0.2) is 24.3 Å². The lowest BCUT2D eigenvalue weighted by molar-refractivity contribution is 0.323. The second-order valence-corrected chi connectivity index (χ2v) is 6.08. The van der Waals surface area contributed by atoms with Gasteiger partial charge in [0.2, 0.25) is 0 Å². The third-order valence-electron chi connectivity index (χ3n) is 4.40. The zero-order chi connectivity index (χ0) is 12.4. The molecule has 2 nitrogen and oxygen atoms in total. The Labute approximate surface area is 114 Å². The van der Waals surface area contributed by atoms with Gasteiger partial charge in [-0.25, -0.2) is 0 Å². The SMILES string of the molecule is Clc1ccc(NCCN2CC3CCCC3C2)cc1. The first-order chi connectivity index (χ1) is 8.81. The van der Waals surface area contributed by atoms with Crippen molar-refractivity contribution in [3.8, 4) is 0 Å². The Balaban J connectivity index is 1.41. The Morgan fingerprint density at radius 2 is 1.78 bits per heavy atom. The van der Waals surface area contributed by atoms with Crippen LogP contribution in [0.3, 0.4) is 0 Å². The van der Waals surface area contributed by atoms with Crippen LogP contribution in [0.4, 0.5) is 5.69 Å². The number of rotatable bonds is 4. The van der Waals surface area contributed by atoms with E-state index in [4.69, 9.17) is 11.6 Å². The number of hydrogen-bond donors (Lipinski definition) is 1. The third-order valence-corrected chi connectivity index (χ3v) is 4.66. The van der Waals surface area contributed by atoms with Crippen LogP contribution in [0.5, 0.6) is 0 Å². The van der Waals surface area contributed by atoms with Crippen molar-refractivity contribution in [2.24, 2.45) is 11.8 Å². The van der Waals surface area contributed by atoms with Gasteiger partial charge in [-0.2, -0.15) is 0 Å². The largest absolute Gasteiger partial charge is 0.384 e. The molecule has 2 unspecified atom stereocenters. The minimum atomic E-state index is 0.799. The van der Waals surface area contributed by atoms with Gasteiger partial charge in [-0.15, -0.1) is 0 Å². The zero-order valence-corrected chi connectivity index (χ0v) is 11.5. The number of fused-ring (bicyclic) bond motifs is 1. The molecule has 2 atom stereocenters. The second-order valence-electron chi connectivity index (χ2n) is 5.64. The third kappa shape index (κ3) is 2.81. The maximum Gasteiger partial charge on any atom is 0.0407 e. The van der Waals surface area contributed by atoms with Crippen LogP contribution in [0.25, 0.3) is 0 Å². The molecule has 18 heavy (non-hydrogen) atoms. The lowest BCUT2D eigenvalue weighted by Crippen LogP contribution is -2.27. The van der Waals surface area contributed by atoms with Crippen molar-refractivity contribution in [3.63, 3.8) is 0 Å². The van der Waals surface area contributed by atoms with Gasteiger partial charge in [-0.05, 0) is 48.9 Å². The minimum Gasteiger partial charge on any atom is -0.384 e. The standard InChI is InChI=1S/C15H21ClN2/c16-14-4-6-15(7-5-14)17-8-9-18-10-12-2-1-3-13(12)11-18/h4-7,12-13,17H,1-3,8-11H2. The van der Waals surface area contributed by atoms with Crippen LogP contribution in [0.1, 0.15) is 19.3 Å². The first-order valence-electron chi connectivity index (χ1n) is 7.03. The number of benzene rings is 1. The molecule has 1 aliphatic heterocycles. The summed E-state index contributed by atoms with van der Waals surface area (Å²) < 4.78 is 0. The van der Waals surface area contributed by atoms with Gasteiger partial charge in [0, 0.05) is 36.9 Å². The van der Waals surface area contributed by atoms with E-state index in [1.54, 1.807) is 0 Å². The van der Waals surface area contributed by atoms with Crippen molar-refractivity contribution in [2.45, 2.75) is 19.3 Å². The monoisotopic (exact) mass is 264 g/mol. The molecular weight excluding hydrogens is 244 g/mol. The van der Waals surface area contributed by atoms with Crippen molar-refractivity contribution >= 4 is 17.3 Å². The van der Waals surface area contributed by atoms with E-state index in [0.717, 1.165) is 29.9 Å². The van der Waals surface area contributed by atoms with Gasteiger partial charge < -0.3 is 10.2 Å². The number of nitrogens with one attached hydrogen (secondary N) is 1. The highest BCUT2D eigenvalue weighted by Gasteiger charge is 2.35. The van der Waals surface area contributed by atoms with E-state index >= 15 is 0 Å². The molecule has 3 rings (SSSR count). The Bertz CT molecular complexity index is 378.